The molecule has 0 aliphatic carbocycles. The average molecular weight is 591 g/mol. The summed E-state index contributed by atoms with van der Waals surface area (Å²) >= 11 is 3.32. The first kappa shape index (κ1) is 27.6. The van der Waals surface area contributed by atoms with Gasteiger partial charge < -0.3 is 14.2 Å². The lowest BCUT2D eigenvalue weighted by atomic mass is 10.1. The molecule has 0 fully saturated rings. The number of fused-ring (bicyclic) bond motifs is 1. The van der Waals surface area contributed by atoms with E-state index in [9.17, 15) is 8.78 Å². The van der Waals surface area contributed by atoms with Crippen LogP contribution in [0.3, 0.4) is 0 Å². The van der Waals surface area contributed by atoms with Gasteiger partial charge in [-0.15, -0.1) is 15.3 Å². The Labute approximate surface area is 227 Å². The zero-order valence-corrected chi connectivity index (χ0v) is 23.7. The van der Waals surface area contributed by atoms with E-state index >= 15 is 0 Å². The van der Waals surface area contributed by atoms with Crippen LogP contribution in [-0.2, 0) is 7.05 Å². The maximum absolute atomic E-state index is 14.1. The number of alkyl halides is 2. The lowest BCUT2D eigenvalue weighted by Crippen LogP contribution is -2.26. The Kier molecular flexibility index (Phi) is 7.55. The molecule has 0 aliphatic heterocycles. The zero-order valence-electron chi connectivity index (χ0n) is 22.2. The predicted molar refractivity (Wildman–Crippen MR) is 142 cm³/mol. The molecule has 4 rings (SSSR count). The van der Waals surface area contributed by atoms with Crippen LogP contribution in [0.15, 0.2) is 41.0 Å². The fourth-order valence-corrected chi connectivity index (χ4v) is 3.94. The molecule has 12 heteroatoms. The SMILES string of the molecule is Cn1nc(O[C@H](c2cccc(Br)c2)C(F)F)c2cc(-c3cnc(OC(C)(C)C)nc3OC(C)(C)C)nnc21. The van der Waals surface area contributed by atoms with Crippen LogP contribution < -0.4 is 14.2 Å². The summed E-state index contributed by atoms with van der Waals surface area (Å²) in [5, 5.41) is 13.3. The summed E-state index contributed by atoms with van der Waals surface area (Å²) in [5.74, 6) is 0.238. The second-order valence-electron chi connectivity index (χ2n) is 10.6. The van der Waals surface area contributed by atoms with E-state index in [1.807, 2.05) is 41.5 Å². The molecular weight excluding hydrogens is 562 g/mol. The van der Waals surface area contributed by atoms with Crippen molar-refractivity contribution in [1.82, 2.24) is 29.9 Å². The first-order valence-electron chi connectivity index (χ1n) is 11.9. The van der Waals surface area contributed by atoms with Crippen molar-refractivity contribution in [3.63, 3.8) is 0 Å². The van der Waals surface area contributed by atoms with Crippen molar-refractivity contribution < 1.29 is 23.0 Å². The average Bonchev–Trinajstić information content (AvgIpc) is 3.10. The van der Waals surface area contributed by atoms with Crippen LogP contribution >= 0.6 is 15.9 Å². The molecule has 0 bridgehead atoms. The first-order chi connectivity index (χ1) is 17.7. The highest BCUT2D eigenvalue weighted by atomic mass is 79.9. The van der Waals surface area contributed by atoms with E-state index in [2.05, 4.69) is 41.2 Å². The van der Waals surface area contributed by atoms with Gasteiger partial charge in [0.1, 0.15) is 16.9 Å². The van der Waals surface area contributed by atoms with E-state index in [0.717, 1.165) is 0 Å². The summed E-state index contributed by atoms with van der Waals surface area (Å²) in [5.41, 5.74) is 0.362. The number of rotatable bonds is 7. The van der Waals surface area contributed by atoms with Gasteiger partial charge in [0, 0.05) is 17.7 Å². The molecule has 0 amide bonds. The van der Waals surface area contributed by atoms with Gasteiger partial charge >= 0.3 is 6.01 Å². The number of ether oxygens (including phenoxy) is 3. The molecule has 4 aromatic rings. The minimum Gasteiger partial charge on any atom is -0.471 e. The van der Waals surface area contributed by atoms with E-state index in [0.29, 0.717) is 32.3 Å². The van der Waals surface area contributed by atoms with Crippen molar-refractivity contribution in [2.45, 2.75) is 65.3 Å². The van der Waals surface area contributed by atoms with Gasteiger partial charge in [0.05, 0.1) is 10.9 Å². The van der Waals surface area contributed by atoms with Crippen LogP contribution in [0.4, 0.5) is 8.78 Å². The standard InChI is InChI=1S/C26H29BrF2N6O3/c1-25(2,3)37-22-17(13-30-24(31-22)38-26(4,5)6)18-12-16-21(33-32-18)35(7)34-23(16)36-19(20(28)29)14-9-8-10-15(27)11-14/h8-13,19-20H,1-7H3/t19-/m1/s1. The number of aromatic nitrogens is 6. The molecule has 0 spiro atoms. The molecule has 0 saturated carbocycles. The fourth-order valence-electron chi connectivity index (χ4n) is 3.52. The third-order valence-corrected chi connectivity index (χ3v) is 5.50. The van der Waals surface area contributed by atoms with Gasteiger partial charge in [0.2, 0.25) is 11.8 Å². The highest BCUT2D eigenvalue weighted by Gasteiger charge is 2.28. The molecule has 0 radical (unpaired) electrons. The predicted octanol–water partition coefficient (Wildman–Crippen LogP) is 6.32. The number of hydrogen-bond donors (Lipinski definition) is 0. The number of benzene rings is 1. The van der Waals surface area contributed by atoms with E-state index < -0.39 is 23.7 Å². The van der Waals surface area contributed by atoms with Gasteiger partial charge in [0.25, 0.3) is 6.43 Å². The van der Waals surface area contributed by atoms with Crippen molar-refractivity contribution in [2.75, 3.05) is 0 Å². The smallest absolute Gasteiger partial charge is 0.320 e. The van der Waals surface area contributed by atoms with Crippen LogP contribution in [0.5, 0.6) is 17.8 Å². The molecule has 9 nitrogen and oxygen atoms in total. The van der Waals surface area contributed by atoms with Crippen LogP contribution in [-0.4, -0.2) is 47.6 Å². The molecular formula is C26H29BrF2N6O3. The van der Waals surface area contributed by atoms with E-state index in [1.165, 1.54) is 10.9 Å². The molecule has 38 heavy (non-hydrogen) atoms. The van der Waals surface area contributed by atoms with Crippen LogP contribution in [0.1, 0.15) is 53.2 Å². The van der Waals surface area contributed by atoms with Gasteiger partial charge in [-0.25, -0.2) is 18.4 Å². The van der Waals surface area contributed by atoms with Gasteiger partial charge in [-0.3, -0.25) is 0 Å². The fraction of sp³-hybridized carbons (Fsp3) is 0.423. The monoisotopic (exact) mass is 590 g/mol. The summed E-state index contributed by atoms with van der Waals surface area (Å²) in [6.45, 7) is 11.3. The molecule has 3 aromatic heterocycles. The second kappa shape index (κ2) is 10.4. The second-order valence-corrected chi connectivity index (χ2v) is 11.5. The molecule has 202 valence electrons. The molecule has 3 heterocycles. The van der Waals surface area contributed by atoms with Crippen molar-refractivity contribution in [3.05, 3.63) is 46.6 Å². The van der Waals surface area contributed by atoms with Gasteiger partial charge in [-0.1, -0.05) is 28.1 Å². The molecule has 0 saturated heterocycles. The van der Waals surface area contributed by atoms with Crippen molar-refractivity contribution in [1.29, 1.82) is 0 Å². The minimum absolute atomic E-state index is 0.00387. The summed E-state index contributed by atoms with van der Waals surface area (Å²) < 4.78 is 47.9. The normalized spacial score (nSPS) is 13.1. The Bertz CT molecular complexity index is 1450. The highest BCUT2D eigenvalue weighted by molar-refractivity contribution is 9.10. The summed E-state index contributed by atoms with van der Waals surface area (Å²) in [4.78, 5) is 8.79. The van der Waals surface area contributed by atoms with E-state index in [-0.39, 0.29) is 17.8 Å². The Balaban J connectivity index is 1.79. The number of nitrogens with zero attached hydrogens (tertiary/aromatic N) is 6. The summed E-state index contributed by atoms with van der Waals surface area (Å²) in [7, 11) is 1.63. The van der Waals surface area contributed by atoms with E-state index in [1.54, 1.807) is 37.4 Å². The summed E-state index contributed by atoms with van der Waals surface area (Å²) in [6, 6.07) is 8.37. The van der Waals surface area contributed by atoms with Gasteiger partial charge in [-0.2, -0.15) is 4.98 Å². The third kappa shape index (κ3) is 6.53. The molecule has 0 aliphatic rings. The van der Waals surface area contributed by atoms with Crippen molar-refractivity contribution in [3.8, 4) is 29.0 Å². The zero-order chi connectivity index (χ0) is 27.8. The Morgan fingerprint density at radius 3 is 2.29 bits per heavy atom. The Morgan fingerprint density at radius 2 is 1.66 bits per heavy atom. The lowest BCUT2D eigenvalue weighted by Gasteiger charge is -2.24. The topological polar surface area (TPSA) is 97.1 Å². The van der Waals surface area contributed by atoms with Crippen molar-refractivity contribution in [2.24, 2.45) is 7.05 Å². The first-order valence-corrected chi connectivity index (χ1v) is 12.7. The summed E-state index contributed by atoms with van der Waals surface area (Å²) in [6.07, 6.45) is -2.81. The van der Waals surface area contributed by atoms with Gasteiger partial charge in [0.15, 0.2) is 11.8 Å². The van der Waals surface area contributed by atoms with E-state index in [4.69, 9.17) is 14.2 Å². The maximum atomic E-state index is 14.1. The number of hydrogen-bond acceptors (Lipinski definition) is 8. The highest BCUT2D eigenvalue weighted by Crippen LogP contribution is 2.36. The lowest BCUT2D eigenvalue weighted by molar-refractivity contribution is 0.00843. The minimum atomic E-state index is -2.80. The number of aryl methyl sites for hydroxylation is 1. The quantitative estimate of drug-likeness (QED) is 0.246. The molecule has 0 N–H and O–H groups in total. The largest absolute Gasteiger partial charge is 0.471 e. The van der Waals surface area contributed by atoms with Gasteiger partial charge in [-0.05, 0) is 65.3 Å². The van der Waals surface area contributed by atoms with Crippen LogP contribution in [0, 0.1) is 0 Å². The van der Waals surface area contributed by atoms with Crippen molar-refractivity contribution >= 4 is 27.0 Å². The number of halogens is 3. The van der Waals surface area contributed by atoms with Crippen LogP contribution in [0.2, 0.25) is 0 Å². The van der Waals surface area contributed by atoms with Crippen LogP contribution in [0.25, 0.3) is 22.3 Å². The Hall–Kier alpha value is -3.41. The Morgan fingerprint density at radius 1 is 0.947 bits per heavy atom. The third-order valence-electron chi connectivity index (χ3n) is 5.00. The molecule has 0 unspecified atom stereocenters. The molecule has 1 atom stereocenters. The molecule has 1 aromatic carbocycles. The maximum Gasteiger partial charge on any atom is 0.320 e.